The summed E-state index contributed by atoms with van der Waals surface area (Å²) in [7, 11) is 2.16. The van der Waals surface area contributed by atoms with Gasteiger partial charge in [-0.2, -0.15) is 0 Å². The molecule has 0 radical (unpaired) electrons. The van der Waals surface area contributed by atoms with Crippen molar-refractivity contribution >= 4 is 11.5 Å². The molecule has 0 saturated heterocycles. The van der Waals surface area contributed by atoms with Crippen molar-refractivity contribution in [2.45, 2.75) is 45.1 Å². The monoisotopic (exact) mass is 275 g/mol. The predicted octanol–water partition coefficient (Wildman–Crippen LogP) is 3.19. The zero-order valence-corrected chi connectivity index (χ0v) is 12.4. The van der Waals surface area contributed by atoms with Crippen LogP contribution in [0.1, 0.15) is 44.6 Å². The molecular weight excluding hydrogens is 250 g/mol. The second kappa shape index (κ2) is 6.64. The lowest BCUT2D eigenvalue weighted by atomic mass is 9.84. The number of anilines is 1. The van der Waals surface area contributed by atoms with Gasteiger partial charge in [0.1, 0.15) is 0 Å². The molecule has 1 aromatic carbocycles. The highest BCUT2D eigenvalue weighted by molar-refractivity contribution is 5.97. The van der Waals surface area contributed by atoms with E-state index in [0.717, 1.165) is 11.5 Å². The van der Waals surface area contributed by atoms with Crippen LogP contribution in [0.3, 0.4) is 0 Å². The van der Waals surface area contributed by atoms with E-state index in [0.29, 0.717) is 6.04 Å². The molecule has 4 nitrogen and oxygen atoms in total. The first kappa shape index (κ1) is 14.7. The number of amidine groups is 1. The highest BCUT2D eigenvalue weighted by atomic mass is 16.4. The van der Waals surface area contributed by atoms with Gasteiger partial charge in [-0.1, -0.05) is 18.5 Å². The average molecular weight is 275 g/mol. The third-order valence-electron chi connectivity index (χ3n) is 4.62. The van der Waals surface area contributed by atoms with Crippen molar-refractivity contribution in [3.05, 3.63) is 29.8 Å². The van der Waals surface area contributed by atoms with Gasteiger partial charge >= 0.3 is 0 Å². The summed E-state index contributed by atoms with van der Waals surface area (Å²) >= 11 is 0. The van der Waals surface area contributed by atoms with Gasteiger partial charge in [0.05, 0.1) is 0 Å². The minimum Gasteiger partial charge on any atom is -0.409 e. The zero-order valence-electron chi connectivity index (χ0n) is 12.4. The van der Waals surface area contributed by atoms with Crippen LogP contribution in [0, 0.1) is 5.92 Å². The molecule has 1 aliphatic rings. The first-order valence-corrected chi connectivity index (χ1v) is 7.46. The van der Waals surface area contributed by atoms with Crippen molar-refractivity contribution in [1.29, 1.82) is 0 Å². The average Bonchev–Trinajstić information content (AvgIpc) is 2.53. The molecule has 1 aromatic rings. The summed E-state index contributed by atoms with van der Waals surface area (Å²) in [6.45, 7) is 2.29. The summed E-state index contributed by atoms with van der Waals surface area (Å²) in [5, 5.41) is 11.7. The Morgan fingerprint density at radius 2 is 1.85 bits per heavy atom. The molecule has 0 aromatic heterocycles. The van der Waals surface area contributed by atoms with Crippen molar-refractivity contribution in [2.24, 2.45) is 16.8 Å². The summed E-state index contributed by atoms with van der Waals surface area (Å²) in [6, 6.07) is 8.52. The van der Waals surface area contributed by atoms with Gasteiger partial charge in [0.25, 0.3) is 0 Å². The lowest BCUT2D eigenvalue weighted by molar-refractivity contribution is 0.313. The van der Waals surface area contributed by atoms with Crippen LogP contribution in [0.25, 0.3) is 0 Å². The number of hydrogen-bond acceptors (Lipinski definition) is 3. The Bertz CT molecular complexity index is 447. The Labute approximate surface area is 121 Å². The third kappa shape index (κ3) is 3.24. The minimum absolute atomic E-state index is 0.155. The van der Waals surface area contributed by atoms with E-state index in [4.69, 9.17) is 10.9 Å². The highest BCUT2D eigenvalue weighted by Crippen LogP contribution is 2.31. The fraction of sp³-hybridized carbons (Fsp3) is 0.562. The lowest BCUT2D eigenvalue weighted by Gasteiger charge is -2.35. The number of nitrogens with zero attached hydrogens (tertiary/aromatic N) is 2. The van der Waals surface area contributed by atoms with Gasteiger partial charge in [0.2, 0.25) is 0 Å². The first-order valence-electron chi connectivity index (χ1n) is 7.46. The Kier molecular flexibility index (Phi) is 4.88. The van der Waals surface area contributed by atoms with E-state index in [9.17, 15) is 0 Å². The summed E-state index contributed by atoms with van der Waals surface area (Å²) in [6.07, 6.45) is 6.54. The quantitative estimate of drug-likeness (QED) is 0.384. The highest BCUT2D eigenvalue weighted by Gasteiger charge is 2.23. The van der Waals surface area contributed by atoms with Crippen molar-refractivity contribution in [3.63, 3.8) is 0 Å². The third-order valence-corrected chi connectivity index (χ3v) is 4.62. The molecule has 0 unspecified atom stereocenters. The standard InChI is InChI=1S/C16H25N3O/c1-3-12-4-8-14(9-5-12)19(2)15-10-6-13(7-11-15)16(17)18-20/h6-7,10-12,14,20H,3-5,8-9H2,1-2H3,(H2,17,18). The summed E-state index contributed by atoms with van der Waals surface area (Å²) in [5.74, 6) is 1.07. The van der Waals surface area contributed by atoms with Crippen molar-refractivity contribution < 1.29 is 5.21 Å². The normalized spacial score (nSPS) is 23.6. The van der Waals surface area contributed by atoms with Crippen LogP contribution in [0.2, 0.25) is 0 Å². The Morgan fingerprint density at radius 3 is 2.35 bits per heavy atom. The number of benzene rings is 1. The maximum absolute atomic E-state index is 8.67. The number of oxime groups is 1. The zero-order chi connectivity index (χ0) is 14.5. The number of rotatable bonds is 4. The van der Waals surface area contributed by atoms with Crippen molar-refractivity contribution in [3.8, 4) is 0 Å². The molecule has 2 rings (SSSR count). The molecule has 0 atom stereocenters. The fourth-order valence-corrected chi connectivity index (χ4v) is 3.08. The van der Waals surface area contributed by atoms with E-state index in [1.54, 1.807) is 0 Å². The number of hydrogen-bond donors (Lipinski definition) is 2. The van der Waals surface area contributed by atoms with Crippen LogP contribution in [0.15, 0.2) is 29.4 Å². The molecule has 1 aliphatic carbocycles. The van der Waals surface area contributed by atoms with E-state index >= 15 is 0 Å². The molecule has 1 saturated carbocycles. The smallest absolute Gasteiger partial charge is 0.170 e. The van der Waals surface area contributed by atoms with Crippen molar-refractivity contribution in [2.75, 3.05) is 11.9 Å². The molecule has 4 heteroatoms. The van der Waals surface area contributed by atoms with E-state index in [-0.39, 0.29) is 5.84 Å². The molecule has 0 amide bonds. The van der Waals surface area contributed by atoms with Crippen LogP contribution in [-0.2, 0) is 0 Å². The molecule has 3 N–H and O–H groups in total. The summed E-state index contributed by atoms with van der Waals surface area (Å²) in [5.41, 5.74) is 7.52. The molecule has 1 fully saturated rings. The van der Waals surface area contributed by atoms with Gasteiger partial charge in [-0.3, -0.25) is 0 Å². The predicted molar refractivity (Wildman–Crippen MR) is 83.4 cm³/mol. The molecule has 0 heterocycles. The minimum atomic E-state index is 0.155. The molecule has 0 bridgehead atoms. The van der Waals surface area contributed by atoms with Crippen molar-refractivity contribution in [1.82, 2.24) is 0 Å². The van der Waals surface area contributed by atoms with Gasteiger partial charge in [0, 0.05) is 24.3 Å². The van der Waals surface area contributed by atoms with Gasteiger partial charge < -0.3 is 15.8 Å². The second-order valence-electron chi connectivity index (χ2n) is 5.73. The summed E-state index contributed by atoms with van der Waals surface area (Å²) < 4.78 is 0. The Morgan fingerprint density at radius 1 is 1.25 bits per heavy atom. The summed E-state index contributed by atoms with van der Waals surface area (Å²) in [4.78, 5) is 2.36. The van der Waals surface area contributed by atoms with E-state index < -0.39 is 0 Å². The molecular formula is C16H25N3O. The molecule has 0 spiro atoms. The maximum Gasteiger partial charge on any atom is 0.170 e. The number of nitrogens with two attached hydrogens (primary N) is 1. The topological polar surface area (TPSA) is 61.8 Å². The van der Waals surface area contributed by atoms with Gasteiger partial charge in [-0.15, -0.1) is 0 Å². The Balaban J connectivity index is 2.01. The van der Waals surface area contributed by atoms with Crippen LogP contribution < -0.4 is 10.6 Å². The van der Waals surface area contributed by atoms with Crippen LogP contribution in [0.4, 0.5) is 5.69 Å². The van der Waals surface area contributed by atoms with Crippen LogP contribution in [0.5, 0.6) is 0 Å². The first-order chi connectivity index (χ1) is 9.65. The maximum atomic E-state index is 8.67. The molecule has 20 heavy (non-hydrogen) atoms. The van der Waals surface area contributed by atoms with Gasteiger partial charge in [-0.25, -0.2) is 0 Å². The fourth-order valence-electron chi connectivity index (χ4n) is 3.08. The molecule has 110 valence electrons. The van der Waals surface area contributed by atoms with E-state index in [2.05, 4.69) is 24.0 Å². The second-order valence-corrected chi connectivity index (χ2v) is 5.73. The van der Waals surface area contributed by atoms with Gasteiger partial charge in [0.15, 0.2) is 5.84 Å². The van der Waals surface area contributed by atoms with Crippen LogP contribution in [-0.4, -0.2) is 24.1 Å². The SMILES string of the molecule is CCC1CCC(N(C)c2ccc(C(N)=NO)cc2)CC1. The van der Waals surface area contributed by atoms with Crippen LogP contribution >= 0.6 is 0 Å². The molecule has 0 aliphatic heterocycles. The largest absolute Gasteiger partial charge is 0.409 e. The van der Waals surface area contributed by atoms with E-state index in [1.807, 2.05) is 24.3 Å². The Hall–Kier alpha value is -1.71. The van der Waals surface area contributed by atoms with Gasteiger partial charge in [-0.05, 0) is 55.9 Å². The lowest BCUT2D eigenvalue weighted by Crippen LogP contribution is -2.35. The van der Waals surface area contributed by atoms with E-state index in [1.165, 1.54) is 37.8 Å².